The summed E-state index contributed by atoms with van der Waals surface area (Å²) < 4.78 is 0. The van der Waals surface area contributed by atoms with Gasteiger partial charge < -0.3 is 11.1 Å². The Kier molecular flexibility index (Phi) is 2.73. The van der Waals surface area contributed by atoms with Crippen LogP contribution in [-0.4, -0.2) is 20.9 Å². The number of hydrogen-bond acceptors (Lipinski definition) is 5. The molecule has 80 valence electrons. The fourth-order valence-corrected chi connectivity index (χ4v) is 1.16. The van der Waals surface area contributed by atoms with E-state index in [9.17, 15) is 4.79 Å². The summed E-state index contributed by atoms with van der Waals surface area (Å²) in [5.41, 5.74) is 6.45. The lowest BCUT2D eigenvalue weighted by molar-refractivity contribution is 0.102. The summed E-state index contributed by atoms with van der Waals surface area (Å²) >= 11 is 0. The van der Waals surface area contributed by atoms with Crippen LogP contribution in [-0.2, 0) is 0 Å². The molecule has 0 aliphatic carbocycles. The van der Waals surface area contributed by atoms with Crippen LogP contribution < -0.4 is 11.1 Å². The van der Waals surface area contributed by atoms with Gasteiger partial charge in [-0.15, -0.1) is 0 Å². The molecular weight excluding hydrogens is 206 g/mol. The number of hydrogen-bond donors (Lipinski definition) is 2. The Balaban J connectivity index is 2.15. The first-order chi connectivity index (χ1) is 7.75. The summed E-state index contributed by atoms with van der Waals surface area (Å²) in [5.74, 6) is 0.0286. The summed E-state index contributed by atoms with van der Waals surface area (Å²) in [7, 11) is 0. The molecule has 1 amide bonds. The van der Waals surface area contributed by atoms with E-state index in [0.717, 1.165) is 0 Å². The van der Waals surface area contributed by atoms with Gasteiger partial charge in [0.25, 0.3) is 5.91 Å². The van der Waals surface area contributed by atoms with Gasteiger partial charge in [0.1, 0.15) is 12.1 Å². The highest BCUT2D eigenvalue weighted by atomic mass is 16.1. The molecule has 3 N–H and O–H groups in total. The molecule has 2 rings (SSSR count). The van der Waals surface area contributed by atoms with Crippen molar-refractivity contribution < 1.29 is 4.79 Å². The summed E-state index contributed by atoms with van der Waals surface area (Å²) in [6, 6.07) is 3.08. The van der Waals surface area contributed by atoms with E-state index >= 15 is 0 Å². The lowest BCUT2D eigenvalue weighted by atomic mass is 10.2. The standard InChI is InChI=1S/C10H9N5O/c11-9-3-7(1-2-14-9)10(16)15-8-4-12-6-13-5-8/h1-6H,(H2,11,14)(H,15,16). The molecule has 6 heteroatoms. The second kappa shape index (κ2) is 4.35. The highest BCUT2D eigenvalue weighted by molar-refractivity contribution is 6.04. The highest BCUT2D eigenvalue weighted by Crippen LogP contribution is 2.07. The van der Waals surface area contributed by atoms with Crippen LogP contribution in [0, 0.1) is 0 Å². The Labute approximate surface area is 91.6 Å². The first-order valence-electron chi connectivity index (χ1n) is 4.53. The third-order valence-electron chi connectivity index (χ3n) is 1.86. The van der Waals surface area contributed by atoms with Gasteiger partial charge in [0, 0.05) is 11.8 Å². The fourth-order valence-electron chi connectivity index (χ4n) is 1.16. The normalized spacial score (nSPS) is 9.75. The van der Waals surface area contributed by atoms with Crippen LogP contribution in [0.5, 0.6) is 0 Å². The summed E-state index contributed by atoms with van der Waals surface area (Å²) in [6.45, 7) is 0. The average molecular weight is 215 g/mol. The topological polar surface area (TPSA) is 93.8 Å². The van der Waals surface area contributed by atoms with Gasteiger partial charge in [-0.3, -0.25) is 4.79 Å². The first kappa shape index (κ1) is 10.0. The van der Waals surface area contributed by atoms with Crippen LogP contribution in [0.15, 0.2) is 37.1 Å². The van der Waals surface area contributed by atoms with Crippen molar-refractivity contribution in [1.82, 2.24) is 15.0 Å². The van der Waals surface area contributed by atoms with Gasteiger partial charge in [-0.2, -0.15) is 0 Å². The van der Waals surface area contributed by atoms with Crippen molar-refractivity contribution >= 4 is 17.4 Å². The van der Waals surface area contributed by atoms with E-state index in [2.05, 4.69) is 20.3 Å². The molecule has 2 aromatic heterocycles. The number of carbonyl (C=O) groups is 1. The van der Waals surface area contributed by atoms with Crippen molar-refractivity contribution in [3.8, 4) is 0 Å². The molecule has 0 unspecified atom stereocenters. The number of anilines is 2. The zero-order valence-electron chi connectivity index (χ0n) is 8.29. The van der Waals surface area contributed by atoms with Crippen molar-refractivity contribution in [2.75, 3.05) is 11.1 Å². The molecule has 0 saturated heterocycles. The maximum Gasteiger partial charge on any atom is 0.255 e. The number of nitrogens with two attached hydrogens (primary N) is 1. The minimum atomic E-state index is -0.274. The molecule has 0 fully saturated rings. The molecule has 16 heavy (non-hydrogen) atoms. The molecule has 0 bridgehead atoms. The molecule has 2 aromatic rings. The van der Waals surface area contributed by atoms with E-state index in [1.807, 2.05) is 0 Å². The molecule has 0 aliphatic rings. The molecule has 6 nitrogen and oxygen atoms in total. The Morgan fingerprint density at radius 2 is 2.06 bits per heavy atom. The van der Waals surface area contributed by atoms with Crippen LogP contribution in [0.25, 0.3) is 0 Å². The van der Waals surface area contributed by atoms with Crippen LogP contribution in [0.1, 0.15) is 10.4 Å². The molecule has 0 aromatic carbocycles. The van der Waals surface area contributed by atoms with Crippen molar-refractivity contribution in [3.05, 3.63) is 42.6 Å². The quantitative estimate of drug-likeness (QED) is 0.769. The van der Waals surface area contributed by atoms with Gasteiger partial charge in [-0.05, 0) is 12.1 Å². The minimum absolute atomic E-state index is 0.274. The smallest absolute Gasteiger partial charge is 0.255 e. The number of nitrogens with zero attached hydrogens (tertiary/aromatic N) is 3. The van der Waals surface area contributed by atoms with Gasteiger partial charge in [0.05, 0.1) is 18.1 Å². The van der Waals surface area contributed by atoms with Crippen molar-refractivity contribution in [2.45, 2.75) is 0 Å². The van der Waals surface area contributed by atoms with E-state index < -0.39 is 0 Å². The number of nitrogens with one attached hydrogen (secondary N) is 1. The van der Waals surface area contributed by atoms with Crippen molar-refractivity contribution in [1.29, 1.82) is 0 Å². The zero-order chi connectivity index (χ0) is 11.4. The predicted octanol–water partition coefficient (Wildman–Crippen LogP) is 0.706. The predicted molar refractivity (Wildman–Crippen MR) is 58.6 cm³/mol. The van der Waals surface area contributed by atoms with E-state index in [0.29, 0.717) is 17.1 Å². The zero-order valence-corrected chi connectivity index (χ0v) is 8.29. The molecule has 0 atom stereocenters. The van der Waals surface area contributed by atoms with Crippen LogP contribution >= 0.6 is 0 Å². The number of aromatic nitrogens is 3. The minimum Gasteiger partial charge on any atom is -0.384 e. The number of rotatable bonds is 2. The molecule has 0 saturated carbocycles. The van der Waals surface area contributed by atoms with Crippen LogP contribution in [0.2, 0.25) is 0 Å². The van der Waals surface area contributed by atoms with Crippen molar-refractivity contribution in [2.24, 2.45) is 0 Å². The van der Waals surface area contributed by atoms with Gasteiger partial charge in [0.2, 0.25) is 0 Å². The molecule has 0 spiro atoms. The molecule has 0 radical (unpaired) electrons. The number of pyridine rings is 1. The Hall–Kier alpha value is -2.50. The van der Waals surface area contributed by atoms with E-state index in [-0.39, 0.29) is 5.91 Å². The van der Waals surface area contributed by atoms with Crippen LogP contribution in [0.3, 0.4) is 0 Å². The van der Waals surface area contributed by atoms with E-state index in [1.165, 1.54) is 31.0 Å². The maximum absolute atomic E-state index is 11.7. The number of carbonyl (C=O) groups excluding carboxylic acids is 1. The maximum atomic E-state index is 11.7. The average Bonchev–Trinajstić information content (AvgIpc) is 2.30. The second-order valence-corrected chi connectivity index (χ2v) is 3.05. The number of nitrogen functional groups attached to an aromatic ring is 1. The monoisotopic (exact) mass is 215 g/mol. The number of amides is 1. The Morgan fingerprint density at radius 1 is 1.31 bits per heavy atom. The Bertz CT molecular complexity index is 500. The summed E-state index contributed by atoms with van der Waals surface area (Å²) in [4.78, 5) is 23.1. The van der Waals surface area contributed by atoms with Gasteiger partial charge in [-0.25, -0.2) is 15.0 Å². The summed E-state index contributed by atoms with van der Waals surface area (Å²) in [6.07, 6.45) is 5.89. The van der Waals surface area contributed by atoms with Crippen LogP contribution in [0.4, 0.5) is 11.5 Å². The molecule has 2 heterocycles. The SMILES string of the molecule is Nc1cc(C(=O)Nc2cncnc2)ccn1. The van der Waals surface area contributed by atoms with Gasteiger partial charge in [-0.1, -0.05) is 0 Å². The first-order valence-corrected chi connectivity index (χ1v) is 4.53. The van der Waals surface area contributed by atoms with E-state index in [1.54, 1.807) is 6.07 Å². The fraction of sp³-hybridized carbons (Fsp3) is 0. The second-order valence-electron chi connectivity index (χ2n) is 3.05. The lowest BCUT2D eigenvalue weighted by Gasteiger charge is -2.03. The molecule has 0 aliphatic heterocycles. The lowest BCUT2D eigenvalue weighted by Crippen LogP contribution is -2.12. The third-order valence-corrected chi connectivity index (χ3v) is 1.86. The van der Waals surface area contributed by atoms with Crippen molar-refractivity contribution in [3.63, 3.8) is 0 Å². The van der Waals surface area contributed by atoms with E-state index in [4.69, 9.17) is 5.73 Å². The molecular formula is C10H9N5O. The van der Waals surface area contributed by atoms with Gasteiger partial charge in [0.15, 0.2) is 0 Å². The summed E-state index contributed by atoms with van der Waals surface area (Å²) in [5, 5.41) is 2.64. The largest absolute Gasteiger partial charge is 0.384 e. The Morgan fingerprint density at radius 3 is 2.75 bits per heavy atom. The third kappa shape index (κ3) is 2.30. The highest BCUT2D eigenvalue weighted by Gasteiger charge is 2.06. The van der Waals surface area contributed by atoms with Gasteiger partial charge >= 0.3 is 0 Å².